The molecular formula is C25H23F2N4O2+. The molecule has 0 aliphatic carbocycles. The number of aryl methyl sites for hydroxylation is 1. The normalized spacial score (nSPS) is 19.8. The van der Waals surface area contributed by atoms with E-state index in [0.29, 0.717) is 42.5 Å². The Morgan fingerprint density at radius 3 is 2.36 bits per heavy atom. The summed E-state index contributed by atoms with van der Waals surface area (Å²) in [6.07, 6.45) is 2.54. The molecule has 2 aromatic carbocycles. The predicted octanol–water partition coefficient (Wildman–Crippen LogP) is 4.05. The Labute approximate surface area is 190 Å². The van der Waals surface area contributed by atoms with Gasteiger partial charge < -0.3 is 9.32 Å². The van der Waals surface area contributed by atoms with Crippen molar-refractivity contribution in [1.29, 1.82) is 0 Å². The predicted molar refractivity (Wildman–Crippen MR) is 119 cm³/mol. The fourth-order valence-corrected chi connectivity index (χ4v) is 4.35. The van der Waals surface area contributed by atoms with E-state index in [1.54, 1.807) is 36.1 Å². The molecule has 2 aliphatic rings. The van der Waals surface area contributed by atoms with E-state index < -0.39 is 0 Å². The molecule has 0 saturated carbocycles. The summed E-state index contributed by atoms with van der Waals surface area (Å²) in [5.41, 5.74) is 3.00. The molecule has 2 aliphatic heterocycles. The van der Waals surface area contributed by atoms with Crippen molar-refractivity contribution in [3.8, 4) is 0 Å². The summed E-state index contributed by atoms with van der Waals surface area (Å²) in [6.45, 7) is 2.87. The van der Waals surface area contributed by atoms with Crippen molar-refractivity contribution in [2.24, 2.45) is 4.99 Å². The van der Waals surface area contributed by atoms with Crippen molar-refractivity contribution in [2.45, 2.75) is 19.9 Å². The average molecular weight is 449 g/mol. The van der Waals surface area contributed by atoms with Crippen LogP contribution in [0.15, 0.2) is 64.1 Å². The van der Waals surface area contributed by atoms with Crippen molar-refractivity contribution >= 4 is 17.4 Å². The van der Waals surface area contributed by atoms with Crippen molar-refractivity contribution in [1.82, 2.24) is 9.88 Å². The minimum atomic E-state index is -0.346. The Bertz CT molecular complexity index is 1280. The summed E-state index contributed by atoms with van der Waals surface area (Å²) in [4.78, 5) is 24.3. The topological polar surface area (TPSA) is 58.7 Å². The van der Waals surface area contributed by atoms with E-state index in [2.05, 4.69) is 4.98 Å². The number of fused-ring (bicyclic) bond motifs is 1. The highest BCUT2D eigenvalue weighted by atomic mass is 19.1. The van der Waals surface area contributed by atoms with E-state index >= 15 is 0 Å². The number of rotatable bonds is 4. The van der Waals surface area contributed by atoms with E-state index in [1.807, 2.05) is 13.2 Å². The molecule has 1 atom stereocenters. The molecule has 6 nitrogen and oxygen atoms in total. The van der Waals surface area contributed by atoms with E-state index in [0.717, 1.165) is 17.0 Å². The number of nitrogens with zero attached hydrogens (tertiary/aromatic N) is 4. The van der Waals surface area contributed by atoms with Gasteiger partial charge in [-0.2, -0.15) is 4.99 Å². The van der Waals surface area contributed by atoms with Crippen molar-refractivity contribution in [3.63, 3.8) is 0 Å². The van der Waals surface area contributed by atoms with Gasteiger partial charge in [0.2, 0.25) is 5.84 Å². The Morgan fingerprint density at radius 2 is 1.70 bits per heavy atom. The highest BCUT2D eigenvalue weighted by molar-refractivity contribution is 6.01. The van der Waals surface area contributed by atoms with Crippen LogP contribution in [0.4, 0.5) is 8.78 Å². The van der Waals surface area contributed by atoms with Crippen LogP contribution >= 0.6 is 0 Å². The molecule has 0 radical (unpaired) electrons. The molecule has 0 spiro atoms. The summed E-state index contributed by atoms with van der Waals surface area (Å²) >= 11 is 0. The smallest absolute Gasteiger partial charge is 0.279 e. The second kappa shape index (κ2) is 8.04. The van der Waals surface area contributed by atoms with E-state index in [-0.39, 0.29) is 28.6 Å². The van der Waals surface area contributed by atoms with Gasteiger partial charge >= 0.3 is 0 Å². The lowest BCUT2D eigenvalue weighted by molar-refractivity contribution is -0.753. The number of amidine groups is 1. The lowest BCUT2D eigenvalue weighted by Gasteiger charge is -2.31. The molecule has 0 N–H and O–H groups in total. The lowest BCUT2D eigenvalue weighted by Crippen LogP contribution is -2.51. The van der Waals surface area contributed by atoms with E-state index in [9.17, 15) is 13.6 Å². The van der Waals surface area contributed by atoms with Gasteiger partial charge in [0.15, 0.2) is 12.4 Å². The first-order valence-electron chi connectivity index (χ1n) is 10.7. The molecule has 0 fully saturated rings. The van der Waals surface area contributed by atoms with Crippen LogP contribution in [-0.2, 0) is 17.8 Å². The number of quaternary nitrogens is 1. The Kier molecular flexibility index (Phi) is 5.17. The van der Waals surface area contributed by atoms with Crippen molar-refractivity contribution < 1.29 is 22.5 Å². The number of oxazole rings is 1. The average Bonchev–Trinajstić information content (AvgIpc) is 3.33. The third kappa shape index (κ3) is 4.09. The van der Waals surface area contributed by atoms with Crippen LogP contribution in [0, 0.1) is 18.6 Å². The first-order chi connectivity index (χ1) is 15.8. The number of aliphatic imine (C=N–C) groups is 1. The van der Waals surface area contributed by atoms with Gasteiger partial charge in [-0.1, -0.05) is 0 Å². The van der Waals surface area contributed by atoms with Gasteiger partial charge in [-0.05, 0) is 48.5 Å². The SMILES string of the molecule is Cc1nc2c(o1)CN(C(=O)C[N+]1(C)C=C(c3ccc(F)cc3)N=C1c1ccc(F)cc1)CC2. The number of benzene rings is 2. The minimum absolute atomic E-state index is 0.0522. The number of hydrogen-bond donors (Lipinski definition) is 0. The number of carbonyl (C=O) groups is 1. The summed E-state index contributed by atoms with van der Waals surface area (Å²) in [5.74, 6) is 1.22. The number of likely N-dealkylation sites (N-methyl/N-ethyl adjacent to an activating group) is 1. The molecule has 0 saturated heterocycles. The zero-order chi connectivity index (χ0) is 23.2. The number of halogens is 2. The molecule has 168 valence electrons. The Morgan fingerprint density at radius 1 is 1.06 bits per heavy atom. The molecule has 3 heterocycles. The Hall–Kier alpha value is -3.65. The molecule has 33 heavy (non-hydrogen) atoms. The molecular weight excluding hydrogens is 426 g/mol. The standard InChI is InChI=1S/C25H23F2N4O2/c1-16-28-21-11-12-30(13-23(21)33-16)24(32)15-31(2)14-22(17-3-7-19(26)8-4-17)29-25(31)18-5-9-20(27)10-6-18/h3-10,14H,11-13,15H2,1-2H3/q+1. The maximum atomic E-state index is 13.6. The zero-order valence-electron chi connectivity index (χ0n) is 18.4. The molecule has 5 rings (SSSR count). The molecule has 3 aromatic rings. The molecule has 1 unspecified atom stereocenters. The molecule has 0 bridgehead atoms. The second-order valence-corrected chi connectivity index (χ2v) is 8.56. The summed E-state index contributed by atoms with van der Waals surface area (Å²) < 4.78 is 32.7. The lowest BCUT2D eigenvalue weighted by atomic mass is 10.1. The highest BCUT2D eigenvalue weighted by Crippen LogP contribution is 2.31. The fraction of sp³-hybridized carbons (Fsp3) is 0.240. The van der Waals surface area contributed by atoms with Gasteiger partial charge in [0.25, 0.3) is 5.91 Å². The van der Waals surface area contributed by atoms with Gasteiger partial charge in [0.05, 0.1) is 24.8 Å². The van der Waals surface area contributed by atoms with Crippen LogP contribution < -0.4 is 0 Å². The van der Waals surface area contributed by atoms with Gasteiger partial charge in [-0.15, -0.1) is 0 Å². The third-order valence-electron chi connectivity index (χ3n) is 6.01. The number of carbonyl (C=O) groups excluding carboxylic acids is 1. The molecule has 1 amide bonds. The third-order valence-corrected chi connectivity index (χ3v) is 6.01. The maximum Gasteiger partial charge on any atom is 0.279 e. The van der Waals surface area contributed by atoms with Gasteiger partial charge in [-0.25, -0.2) is 18.2 Å². The largest absolute Gasteiger partial charge is 0.444 e. The van der Waals surface area contributed by atoms with Crippen LogP contribution in [0.1, 0.15) is 28.5 Å². The van der Waals surface area contributed by atoms with Crippen LogP contribution in [0.5, 0.6) is 0 Å². The van der Waals surface area contributed by atoms with Gasteiger partial charge in [0.1, 0.15) is 29.3 Å². The highest BCUT2D eigenvalue weighted by Gasteiger charge is 2.39. The number of hydrogen-bond acceptors (Lipinski definition) is 4. The second-order valence-electron chi connectivity index (χ2n) is 8.56. The molecule has 1 aromatic heterocycles. The maximum absolute atomic E-state index is 13.6. The Balaban J connectivity index is 1.46. The number of amides is 1. The summed E-state index contributed by atoms with van der Waals surface area (Å²) in [7, 11) is 1.89. The van der Waals surface area contributed by atoms with Crippen molar-refractivity contribution in [2.75, 3.05) is 20.1 Å². The van der Waals surface area contributed by atoms with Crippen LogP contribution in [0.3, 0.4) is 0 Å². The number of aromatic nitrogens is 1. The van der Waals surface area contributed by atoms with Gasteiger partial charge in [-0.3, -0.25) is 4.79 Å². The fourth-order valence-electron chi connectivity index (χ4n) is 4.35. The van der Waals surface area contributed by atoms with Crippen LogP contribution in [0.25, 0.3) is 5.70 Å². The summed E-state index contributed by atoms with van der Waals surface area (Å²) in [6, 6.07) is 12.1. The van der Waals surface area contributed by atoms with Crippen molar-refractivity contribution in [3.05, 3.63) is 94.8 Å². The molecule has 8 heteroatoms. The van der Waals surface area contributed by atoms with E-state index in [1.165, 1.54) is 24.3 Å². The minimum Gasteiger partial charge on any atom is -0.444 e. The van der Waals surface area contributed by atoms with E-state index in [4.69, 9.17) is 9.41 Å². The van der Waals surface area contributed by atoms with Gasteiger partial charge in [0, 0.05) is 25.5 Å². The quantitative estimate of drug-likeness (QED) is 0.565. The zero-order valence-corrected chi connectivity index (χ0v) is 18.4. The first kappa shape index (κ1) is 21.2. The monoisotopic (exact) mass is 449 g/mol. The van der Waals surface area contributed by atoms with Crippen LogP contribution in [0.2, 0.25) is 0 Å². The first-order valence-corrected chi connectivity index (χ1v) is 10.7. The van der Waals surface area contributed by atoms with Crippen LogP contribution in [-0.4, -0.2) is 46.2 Å². The summed E-state index contributed by atoms with van der Waals surface area (Å²) in [5, 5.41) is 0.